The second-order valence-corrected chi connectivity index (χ2v) is 5.94. The van der Waals surface area contributed by atoms with E-state index < -0.39 is 0 Å². The summed E-state index contributed by atoms with van der Waals surface area (Å²) in [6, 6.07) is 9.42. The Balaban J connectivity index is 1.49. The van der Waals surface area contributed by atoms with Crippen LogP contribution in [0.4, 0.5) is 17.5 Å². The van der Waals surface area contributed by atoms with Crippen molar-refractivity contribution in [2.24, 2.45) is 0 Å². The summed E-state index contributed by atoms with van der Waals surface area (Å²) in [5.41, 5.74) is 1.72. The van der Waals surface area contributed by atoms with E-state index in [4.69, 9.17) is 4.74 Å². The Bertz CT molecular complexity index is 896. The first-order valence-corrected chi connectivity index (χ1v) is 8.72. The number of nitrogens with zero attached hydrogens (tertiary/aromatic N) is 5. The van der Waals surface area contributed by atoms with E-state index in [1.54, 1.807) is 7.11 Å². The largest absolute Gasteiger partial charge is 0.497 e. The van der Waals surface area contributed by atoms with Crippen molar-refractivity contribution in [3.05, 3.63) is 48.7 Å². The third kappa shape index (κ3) is 5.66. The Morgan fingerprint density at radius 2 is 2.00 bits per heavy atom. The number of anilines is 3. The van der Waals surface area contributed by atoms with Gasteiger partial charge < -0.3 is 20.7 Å². The predicted octanol–water partition coefficient (Wildman–Crippen LogP) is 1.36. The topological polar surface area (TPSA) is 119 Å². The highest BCUT2D eigenvalue weighted by Gasteiger charge is 2.05. The fourth-order valence-electron chi connectivity index (χ4n) is 2.43. The third-order valence-electron chi connectivity index (χ3n) is 3.72. The van der Waals surface area contributed by atoms with Crippen molar-refractivity contribution in [1.29, 1.82) is 0 Å². The van der Waals surface area contributed by atoms with Gasteiger partial charge in [0.15, 0.2) is 0 Å². The average molecular weight is 382 g/mol. The molecule has 2 aromatic heterocycles. The van der Waals surface area contributed by atoms with Crippen molar-refractivity contribution >= 4 is 23.4 Å². The number of rotatable bonds is 9. The van der Waals surface area contributed by atoms with Gasteiger partial charge in [0, 0.05) is 30.5 Å². The van der Waals surface area contributed by atoms with E-state index in [9.17, 15) is 4.79 Å². The van der Waals surface area contributed by atoms with Crippen LogP contribution in [-0.4, -0.2) is 50.8 Å². The lowest BCUT2D eigenvalue weighted by Crippen LogP contribution is -2.32. The minimum Gasteiger partial charge on any atom is -0.497 e. The maximum atomic E-state index is 11.8. The Hall–Kier alpha value is -3.69. The summed E-state index contributed by atoms with van der Waals surface area (Å²) in [4.78, 5) is 24.4. The molecule has 0 bridgehead atoms. The van der Waals surface area contributed by atoms with Gasteiger partial charge in [-0.15, -0.1) is 0 Å². The zero-order valence-electron chi connectivity index (χ0n) is 15.7. The van der Waals surface area contributed by atoms with Crippen LogP contribution in [0.25, 0.3) is 0 Å². The highest BCUT2D eigenvalue weighted by atomic mass is 16.5. The number of ether oxygens (including phenoxy) is 1. The van der Waals surface area contributed by atoms with Crippen LogP contribution in [-0.2, 0) is 11.3 Å². The zero-order valence-corrected chi connectivity index (χ0v) is 15.7. The number of carbonyl (C=O) groups excluding carboxylic acids is 1. The van der Waals surface area contributed by atoms with E-state index in [1.165, 1.54) is 17.3 Å². The van der Waals surface area contributed by atoms with Gasteiger partial charge in [-0.1, -0.05) is 0 Å². The molecule has 0 fully saturated rings. The van der Waals surface area contributed by atoms with Crippen LogP contribution in [0, 0.1) is 6.92 Å². The van der Waals surface area contributed by atoms with Gasteiger partial charge in [-0.05, 0) is 31.2 Å². The van der Waals surface area contributed by atoms with Gasteiger partial charge in [0.05, 0.1) is 7.11 Å². The lowest BCUT2D eigenvalue weighted by molar-refractivity contribution is -0.121. The van der Waals surface area contributed by atoms with Crippen LogP contribution in [0.2, 0.25) is 0 Å². The highest BCUT2D eigenvalue weighted by molar-refractivity contribution is 5.75. The standard InChI is InChI=1S/C18H22N8O2/c1-13-9-16(24-14-3-5-15(28-2)6-4-14)25-18(23-13)21-8-7-20-17(27)10-26-12-19-11-22-26/h3-6,9,11-12H,7-8,10H2,1-2H3,(H,20,27)(H2,21,23,24,25). The van der Waals surface area contributed by atoms with Crippen molar-refractivity contribution in [1.82, 2.24) is 30.0 Å². The summed E-state index contributed by atoms with van der Waals surface area (Å²) < 4.78 is 6.62. The second-order valence-electron chi connectivity index (χ2n) is 5.94. The normalized spacial score (nSPS) is 10.4. The molecular weight excluding hydrogens is 360 g/mol. The van der Waals surface area contributed by atoms with Crippen LogP contribution >= 0.6 is 0 Å². The highest BCUT2D eigenvalue weighted by Crippen LogP contribution is 2.19. The molecule has 146 valence electrons. The minimum atomic E-state index is -0.140. The molecule has 1 amide bonds. The summed E-state index contributed by atoms with van der Waals surface area (Å²) in [5.74, 6) is 1.81. The number of hydrogen-bond acceptors (Lipinski definition) is 8. The maximum Gasteiger partial charge on any atom is 0.241 e. The van der Waals surface area contributed by atoms with E-state index in [2.05, 4.69) is 36.0 Å². The van der Waals surface area contributed by atoms with E-state index in [1.807, 2.05) is 37.3 Å². The van der Waals surface area contributed by atoms with Gasteiger partial charge in [0.2, 0.25) is 11.9 Å². The minimum absolute atomic E-state index is 0.136. The molecule has 28 heavy (non-hydrogen) atoms. The summed E-state index contributed by atoms with van der Waals surface area (Å²) >= 11 is 0. The van der Waals surface area contributed by atoms with Crippen LogP contribution in [0.3, 0.4) is 0 Å². The van der Waals surface area contributed by atoms with Crippen molar-refractivity contribution in [3.63, 3.8) is 0 Å². The lowest BCUT2D eigenvalue weighted by Gasteiger charge is -2.11. The third-order valence-corrected chi connectivity index (χ3v) is 3.72. The van der Waals surface area contributed by atoms with Crippen molar-refractivity contribution in [2.45, 2.75) is 13.5 Å². The first kappa shape index (κ1) is 19.1. The molecule has 0 aliphatic rings. The van der Waals surface area contributed by atoms with Crippen molar-refractivity contribution in [3.8, 4) is 5.75 Å². The average Bonchev–Trinajstić information content (AvgIpc) is 3.18. The maximum absolute atomic E-state index is 11.8. The number of methoxy groups -OCH3 is 1. The molecule has 0 aliphatic carbocycles. The number of aryl methyl sites for hydroxylation is 1. The predicted molar refractivity (Wildman–Crippen MR) is 105 cm³/mol. The molecule has 0 saturated carbocycles. The molecule has 3 aromatic rings. The monoisotopic (exact) mass is 382 g/mol. The van der Waals surface area contributed by atoms with Crippen LogP contribution in [0.1, 0.15) is 5.69 Å². The van der Waals surface area contributed by atoms with E-state index in [0.717, 1.165) is 17.1 Å². The fourth-order valence-corrected chi connectivity index (χ4v) is 2.43. The molecule has 2 heterocycles. The summed E-state index contributed by atoms with van der Waals surface area (Å²) in [5, 5.41) is 13.0. The van der Waals surface area contributed by atoms with Crippen LogP contribution < -0.4 is 20.7 Å². The molecule has 0 unspecified atom stereocenters. The zero-order chi connectivity index (χ0) is 19.8. The smallest absolute Gasteiger partial charge is 0.241 e. The van der Waals surface area contributed by atoms with Crippen LogP contribution in [0.15, 0.2) is 43.0 Å². The van der Waals surface area contributed by atoms with Crippen molar-refractivity contribution in [2.75, 3.05) is 30.8 Å². The molecule has 3 N–H and O–H groups in total. The molecule has 0 saturated heterocycles. The Labute approximate surface area is 162 Å². The van der Waals surface area contributed by atoms with Crippen LogP contribution in [0.5, 0.6) is 5.75 Å². The summed E-state index contributed by atoms with van der Waals surface area (Å²) in [7, 11) is 1.63. The molecule has 3 rings (SSSR count). The molecule has 0 spiro atoms. The number of carbonyl (C=O) groups is 1. The summed E-state index contributed by atoms with van der Waals surface area (Å²) in [6.45, 7) is 2.96. The van der Waals surface area contributed by atoms with Gasteiger partial charge in [-0.3, -0.25) is 4.79 Å². The SMILES string of the molecule is COc1ccc(Nc2cc(C)nc(NCCNC(=O)Cn3cncn3)n2)cc1. The van der Waals surface area contributed by atoms with E-state index in [0.29, 0.717) is 24.9 Å². The number of aromatic nitrogens is 5. The Kier molecular flexibility index (Phi) is 6.34. The van der Waals surface area contributed by atoms with Gasteiger partial charge >= 0.3 is 0 Å². The number of nitrogens with one attached hydrogen (secondary N) is 3. The number of amides is 1. The molecule has 10 heteroatoms. The Morgan fingerprint density at radius 1 is 1.18 bits per heavy atom. The number of benzene rings is 1. The van der Waals surface area contributed by atoms with Crippen molar-refractivity contribution < 1.29 is 9.53 Å². The first-order chi connectivity index (χ1) is 13.6. The lowest BCUT2D eigenvalue weighted by atomic mass is 10.3. The molecule has 0 radical (unpaired) electrons. The number of hydrogen-bond donors (Lipinski definition) is 3. The summed E-state index contributed by atoms with van der Waals surface area (Å²) in [6.07, 6.45) is 2.89. The second kappa shape index (κ2) is 9.31. The van der Waals surface area contributed by atoms with E-state index in [-0.39, 0.29) is 12.5 Å². The fraction of sp³-hybridized carbons (Fsp3) is 0.278. The molecule has 0 atom stereocenters. The quantitative estimate of drug-likeness (QED) is 0.475. The van der Waals surface area contributed by atoms with E-state index >= 15 is 0 Å². The molecule has 1 aromatic carbocycles. The molecule has 0 aliphatic heterocycles. The molecule has 10 nitrogen and oxygen atoms in total. The molecular formula is C18H22N8O2. The van der Waals surface area contributed by atoms with Gasteiger partial charge in [0.25, 0.3) is 0 Å². The first-order valence-electron chi connectivity index (χ1n) is 8.72. The van der Waals surface area contributed by atoms with Gasteiger partial charge in [0.1, 0.15) is 30.8 Å². The Morgan fingerprint density at radius 3 is 2.71 bits per heavy atom. The van der Waals surface area contributed by atoms with Gasteiger partial charge in [-0.25, -0.2) is 14.6 Å². The van der Waals surface area contributed by atoms with Gasteiger partial charge in [-0.2, -0.15) is 10.1 Å².